The molecule has 0 radical (unpaired) electrons. The van der Waals surface area contributed by atoms with E-state index in [0.717, 1.165) is 19.3 Å². The Morgan fingerprint density at radius 3 is 2.22 bits per heavy atom. The van der Waals surface area contributed by atoms with Gasteiger partial charge in [-0.25, -0.2) is 4.79 Å². The van der Waals surface area contributed by atoms with Gasteiger partial charge in [-0.2, -0.15) is 13.2 Å². The molecule has 0 atom stereocenters. The third kappa shape index (κ3) is 2.79. The van der Waals surface area contributed by atoms with Crippen LogP contribution in [0.4, 0.5) is 23.8 Å². The first-order chi connectivity index (χ1) is 10.8. The van der Waals surface area contributed by atoms with E-state index in [4.69, 9.17) is 0 Å². The van der Waals surface area contributed by atoms with Crippen LogP contribution in [0.5, 0.6) is 0 Å². The Hall–Kier alpha value is -1.73. The number of aromatic nitrogens is 1. The molecule has 23 heavy (non-hydrogen) atoms. The number of amides is 2. The molecule has 0 aliphatic heterocycles. The standard InChI is InChI=1S/C15H18F3N3O2/c16-15(17,18)11-4-12(23-21-11)19-13(22)20-14-5-8-1-9(6-14)3-10(2-8)7-14/h4,8-10H,1-3,5-7H2,(H2,19,20,22). The molecule has 4 aliphatic carbocycles. The van der Waals surface area contributed by atoms with E-state index in [2.05, 4.69) is 20.3 Å². The lowest BCUT2D eigenvalue weighted by molar-refractivity contribution is -0.142. The SMILES string of the molecule is O=C(Nc1cc(C(F)(F)F)no1)NC12CC3CC(CC(C3)C1)C2. The van der Waals surface area contributed by atoms with Gasteiger partial charge in [0.1, 0.15) is 0 Å². The summed E-state index contributed by atoms with van der Waals surface area (Å²) < 4.78 is 42.0. The van der Waals surface area contributed by atoms with Gasteiger partial charge in [0, 0.05) is 11.6 Å². The minimum atomic E-state index is -4.58. The summed E-state index contributed by atoms with van der Waals surface area (Å²) in [5, 5.41) is 8.26. The average molecular weight is 329 g/mol. The lowest BCUT2D eigenvalue weighted by atomic mass is 9.53. The molecular weight excluding hydrogens is 311 g/mol. The molecule has 0 spiro atoms. The average Bonchev–Trinajstić information content (AvgIpc) is 2.84. The molecule has 0 saturated heterocycles. The van der Waals surface area contributed by atoms with E-state index in [-0.39, 0.29) is 11.4 Å². The molecule has 2 N–H and O–H groups in total. The number of halogens is 3. The van der Waals surface area contributed by atoms with Crippen molar-refractivity contribution in [1.29, 1.82) is 0 Å². The lowest BCUT2D eigenvalue weighted by Crippen LogP contribution is -2.60. The minimum absolute atomic E-state index is 0.203. The first-order valence-corrected chi connectivity index (χ1v) is 7.94. The van der Waals surface area contributed by atoms with E-state index in [1.165, 1.54) is 19.3 Å². The Morgan fingerprint density at radius 1 is 1.17 bits per heavy atom. The Kier molecular flexibility index (Phi) is 3.15. The van der Waals surface area contributed by atoms with Crippen LogP contribution < -0.4 is 10.6 Å². The molecular formula is C15H18F3N3O2. The fourth-order valence-electron chi connectivity index (χ4n) is 5.12. The van der Waals surface area contributed by atoms with Gasteiger partial charge in [-0.3, -0.25) is 5.32 Å². The molecule has 4 fully saturated rings. The van der Waals surface area contributed by atoms with Gasteiger partial charge in [0.2, 0.25) is 5.88 Å². The molecule has 0 aromatic carbocycles. The smallest absolute Gasteiger partial charge is 0.338 e. The summed E-state index contributed by atoms with van der Waals surface area (Å²) in [5.74, 6) is 1.72. The molecule has 126 valence electrons. The monoisotopic (exact) mass is 329 g/mol. The maximum absolute atomic E-state index is 12.5. The second-order valence-electron chi connectivity index (χ2n) is 7.35. The number of hydrogen-bond donors (Lipinski definition) is 2. The number of alkyl halides is 3. The Morgan fingerprint density at radius 2 is 1.74 bits per heavy atom. The summed E-state index contributed by atoms with van der Waals surface area (Å²) in [6.45, 7) is 0. The number of carbonyl (C=O) groups excluding carboxylic acids is 1. The molecule has 5 rings (SSSR count). The summed E-state index contributed by atoms with van der Waals surface area (Å²) in [6.07, 6.45) is 2.07. The van der Waals surface area contributed by atoms with Crippen molar-refractivity contribution in [3.05, 3.63) is 11.8 Å². The number of carbonyl (C=O) groups is 1. The molecule has 0 unspecified atom stereocenters. The van der Waals surface area contributed by atoms with Gasteiger partial charge in [0.05, 0.1) is 0 Å². The second-order valence-corrected chi connectivity index (χ2v) is 7.35. The number of anilines is 1. The highest BCUT2D eigenvalue weighted by molar-refractivity contribution is 5.88. The predicted octanol–water partition coefficient (Wildman–Crippen LogP) is 3.78. The molecule has 1 aromatic rings. The second kappa shape index (κ2) is 4.88. The zero-order valence-corrected chi connectivity index (χ0v) is 12.4. The van der Waals surface area contributed by atoms with Crippen molar-refractivity contribution in [2.24, 2.45) is 17.8 Å². The normalized spacial score (nSPS) is 35.3. The Labute approximate surface area is 131 Å². The summed E-state index contributed by atoms with van der Waals surface area (Å²) in [7, 11) is 0. The molecule has 4 saturated carbocycles. The minimum Gasteiger partial charge on any atom is -0.338 e. The van der Waals surface area contributed by atoms with Crippen LogP contribution in [0.2, 0.25) is 0 Å². The first kappa shape index (κ1) is 14.8. The van der Waals surface area contributed by atoms with Gasteiger partial charge < -0.3 is 9.84 Å². The van der Waals surface area contributed by atoms with Crippen LogP contribution in [-0.2, 0) is 6.18 Å². The predicted molar refractivity (Wildman–Crippen MR) is 74.6 cm³/mol. The highest BCUT2D eigenvalue weighted by Crippen LogP contribution is 2.55. The van der Waals surface area contributed by atoms with Crippen molar-refractivity contribution in [3.63, 3.8) is 0 Å². The quantitative estimate of drug-likeness (QED) is 0.867. The van der Waals surface area contributed by atoms with Crippen molar-refractivity contribution in [2.75, 3.05) is 5.32 Å². The van der Waals surface area contributed by atoms with E-state index in [9.17, 15) is 18.0 Å². The van der Waals surface area contributed by atoms with Gasteiger partial charge in [-0.05, 0) is 56.3 Å². The zero-order valence-electron chi connectivity index (χ0n) is 12.4. The fourth-order valence-corrected chi connectivity index (χ4v) is 5.12. The molecule has 5 nitrogen and oxygen atoms in total. The number of nitrogens with one attached hydrogen (secondary N) is 2. The maximum Gasteiger partial charge on any atom is 0.436 e. The number of nitrogens with zero attached hydrogens (tertiary/aromatic N) is 1. The van der Waals surface area contributed by atoms with Crippen LogP contribution in [0.15, 0.2) is 10.6 Å². The molecule has 4 bridgehead atoms. The van der Waals surface area contributed by atoms with Crippen LogP contribution >= 0.6 is 0 Å². The van der Waals surface area contributed by atoms with Gasteiger partial charge in [0.15, 0.2) is 5.69 Å². The highest BCUT2D eigenvalue weighted by atomic mass is 19.4. The van der Waals surface area contributed by atoms with Crippen molar-refractivity contribution in [2.45, 2.75) is 50.2 Å². The van der Waals surface area contributed by atoms with Crippen LogP contribution in [0.3, 0.4) is 0 Å². The lowest BCUT2D eigenvalue weighted by Gasteiger charge is -2.56. The van der Waals surface area contributed by atoms with E-state index >= 15 is 0 Å². The van der Waals surface area contributed by atoms with Crippen LogP contribution in [0.1, 0.15) is 44.2 Å². The number of hydrogen-bond acceptors (Lipinski definition) is 3. The Balaban J connectivity index is 1.41. The summed E-state index contributed by atoms with van der Waals surface area (Å²) in [4.78, 5) is 12.2. The van der Waals surface area contributed by atoms with Crippen LogP contribution in [0, 0.1) is 17.8 Å². The first-order valence-electron chi connectivity index (χ1n) is 7.94. The number of rotatable bonds is 2. The maximum atomic E-state index is 12.5. The van der Waals surface area contributed by atoms with Gasteiger partial charge in [-0.15, -0.1) is 0 Å². The molecule has 8 heteroatoms. The van der Waals surface area contributed by atoms with Gasteiger partial charge >= 0.3 is 12.2 Å². The number of urea groups is 1. The van der Waals surface area contributed by atoms with Crippen molar-refractivity contribution < 1.29 is 22.5 Å². The fraction of sp³-hybridized carbons (Fsp3) is 0.733. The summed E-state index contributed by atoms with van der Waals surface area (Å²) in [6, 6.07) is 0.177. The third-order valence-corrected chi connectivity index (χ3v) is 5.45. The highest BCUT2D eigenvalue weighted by Gasteiger charge is 2.51. The zero-order chi connectivity index (χ0) is 16.2. The van der Waals surface area contributed by atoms with Gasteiger partial charge in [0.25, 0.3) is 0 Å². The van der Waals surface area contributed by atoms with Crippen molar-refractivity contribution in [1.82, 2.24) is 10.5 Å². The largest absolute Gasteiger partial charge is 0.436 e. The molecule has 1 aromatic heterocycles. The van der Waals surface area contributed by atoms with Crippen LogP contribution in [-0.4, -0.2) is 16.7 Å². The molecule has 4 aliphatic rings. The van der Waals surface area contributed by atoms with E-state index in [1.807, 2.05) is 0 Å². The van der Waals surface area contributed by atoms with Crippen molar-refractivity contribution in [3.8, 4) is 0 Å². The third-order valence-electron chi connectivity index (χ3n) is 5.45. The summed E-state index contributed by atoms with van der Waals surface area (Å²) in [5.41, 5.74) is -1.35. The van der Waals surface area contributed by atoms with Gasteiger partial charge in [-0.1, -0.05) is 5.16 Å². The Bertz CT molecular complexity index is 590. The topological polar surface area (TPSA) is 67.2 Å². The van der Waals surface area contributed by atoms with E-state index < -0.39 is 17.9 Å². The van der Waals surface area contributed by atoms with Crippen LogP contribution in [0.25, 0.3) is 0 Å². The molecule has 1 heterocycles. The molecule has 2 amide bonds. The van der Waals surface area contributed by atoms with E-state index in [0.29, 0.717) is 23.8 Å². The van der Waals surface area contributed by atoms with E-state index in [1.54, 1.807) is 0 Å². The van der Waals surface area contributed by atoms with Crippen molar-refractivity contribution >= 4 is 11.9 Å². The summed E-state index contributed by atoms with van der Waals surface area (Å²) >= 11 is 0.